The van der Waals surface area contributed by atoms with Gasteiger partial charge in [-0.2, -0.15) is 4.98 Å². The third kappa shape index (κ3) is 3.15. The van der Waals surface area contributed by atoms with Crippen LogP contribution in [0.5, 0.6) is 0 Å². The van der Waals surface area contributed by atoms with Crippen LogP contribution in [0.2, 0.25) is 0 Å². The molecule has 20 heavy (non-hydrogen) atoms. The second-order valence-electron chi connectivity index (χ2n) is 6.29. The first-order valence-corrected chi connectivity index (χ1v) is 7.89. The van der Waals surface area contributed by atoms with Gasteiger partial charge in [0.05, 0.1) is 5.69 Å². The molecule has 2 aliphatic heterocycles. The number of aromatic nitrogens is 1. The van der Waals surface area contributed by atoms with Crippen LogP contribution in [0.15, 0.2) is 10.7 Å². The maximum atomic E-state index is 5.70. The molecule has 0 saturated carbocycles. The average Bonchev–Trinajstić information content (AvgIpc) is 3.02. The first-order valence-electron chi connectivity index (χ1n) is 7.89. The zero-order valence-corrected chi connectivity index (χ0v) is 12.6. The Kier molecular flexibility index (Phi) is 4.27. The lowest BCUT2D eigenvalue weighted by Gasteiger charge is -2.24. The van der Waals surface area contributed by atoms with Crippen LogP contribution in [0, 0.1) is 0 Å². The molecule has 0 spiro atoms. The van der Waals surface area contributed by atoms with E-state index < -0.39 is 0 Å². The Bertz CT molecular complexity index is 431. The molecule has 0 radical (unpaired) electrons. The van der Waals surface area contributed by atoms with Gasteiger partial charge in [-0.25, -0.2) is 0 Å². The Morgan fingerprint density at radius 1 is 1.35 bits per heavy atom. The fraction of sp³-hybridized carbons (Fsp3) is 0.800. The number of hydrogen-bond donors (Lipinski definition) is 1. The number of fused-ring (bicyclic) bond motifs is 1. The molecule has 3 rings (SSSR count). The highest BCUT2D eigenvalue weighted by molar-refractivity contribution is 5.28. The minimum atomic E-state index is 0.473. The second-order valence-corrected chi connectivity index (χ2v) is 6.29. The van der Waals surface area contributed by atoms with Gasteiger partial charge in [0.15, 0.2) is 0 Å². The van der Waals surface area contributed by atoms with E-state index in [4.69, 9.17) is 4.42 Å². The Balaban J connectivity index is 1.63. The van der Waals surface area contributed by atoms with Gasteiger partial charge in [-0.1, -0.05) is 13.8 Å². The number of anilines is 1. The second kappa shape index (κ2) is 6.14. The van der Waals surface area contributed by atoms with Crippen molar-refractivity contribution in [2.75, 3.05) is 31.1 Å². The van der Waals surface area contributed by atoms with E-state index >= 15 is 0 Å². The van der Waals surface area contributed by atoms with Gasteiger partial charge in [-0.05, 0) is 25.8 Å². The predicted molar refractivity (Wildman–Crippen MR) is 79.9 cm³/mol. The summed E-state index contributed by atoms with van der Waals surface area (Å²) in [7, 11) is 0. The van der Waals surface area contributed by atoms with Crippen LogP contribution >= 0.6 is 0 Å². The minimum Gasteiger partial charge on any atom is -0.432 e. The normalized spacial score (nSPS) is 24.1. The first kappa shape index (κ1) is 13.9. The fourth-order valence-electron chi connectivity index (χ4n) is 3.21. The van der Waals surface area contributed by atoms with Crippen molar-refractivity contribution in [3.8, 4) is 0 Å². The number of hydrogen-bond acceptors (Lipinski definition) is 5. The molecular formula is C15H26N4O. The molecule has 112 valence electrons. The van der Waals surface area contributed by atoms with E-state index in [1.165, 1.54) is 32.4 Å². The summed E-state index contributed by atoms with van der Waals surface area (Å²) in [4.78, 5) is 9.60. The Labute approximate surface area is 121 Å². The molecule has 1 unspecified atom stereocenters. The summed E-state index contributed by atoms with van der Waals surface area (Å²) in [6, 6.07) is 1.97. The van der Waals surface area contributed by atoms with Gasteiger partial charge in [0, 0.05) is 38.3 Å². The zero-order valence-electron chi connectivity index (χ0n) is 12.6. The van der Waals surface area contributed by atoms with Gasteiger partial charge in [0.25, 0.3) is 6.01 Å². The molecule has 5 nitrogen and oxygen atoms in total. The molecule has 1 N–H and O–H groups in total. The van der Waals surface area contributed by atoms with Gasteiger partial charge in [-0.15, -0.1) is 0 Å². The summed E-state index contributed by atoms with van der Waals surface area (Å²) in [5.74, 6) is 0. The zero-order chi connectivity index (χ0) is 13.9. The monoisotopic (exact) mass is 278 g/mol. The lowest BCUT2D eigenvalue weighted by atomic mass is 10.2. The van der Waals surface area contributed by atoms with Crippen molar-refractivity contribution in [2.45, 2.75) is 51.7 Å². The van der Waals surface area contributed by atoms with Gasteiger partial charge in [-0.3, -0.25) is 4.90 Å². The van der Waals surface area contributed by atoms with Crippen LogP contribution in [0.3, 0.4) is 0 Å². The van der Waals surface area contributed by atoms with Crippen LogP contribution in [-0.2, 0) is 6.54 Å². The lowest BCUT2D eigenvalue weighted by Crippen LogP contribution is -2.36. The maximum Gasteiger partial charge on any atom is 0.297 e. The Morgan fingerprint density at radius 2 is 2.20 bits per heavy atom. The number of rotatable bonds is 4. The van der Waals surface area contributed by atoms with E-state index in [1.54, 1.807) is 6.26 Å². The van der Waals surface area contributed by atoms with Crippen molar-refractivity contribution in [1.82, 2.24) is 15.2 Å². The highest BCUT2D eigenvalue weighted by Crippen LogP contribution is 2.24. The third-order valence-electron chi connectivity index (χ3n) is 4.31. The highest BCUT2D eigenvalue weighted by atomic mass is 16.4. The smallest absolute Gasteiger partial charge is 0.297 e. The van der Waals surface area contributed by atoms with E-state index in [9.17, 15) is 0 Å². The summed E-state index contributed by atoms with van der Waals surface area (Å²) in [5, 5.41) is 3.38. The lowest BCUT2D eigenvalue weighted by molar-refractivity contribution is 0.272. The van der Waals surface area contributed by atoms with Gasteiger partial charge >= 0.3 is 0 Å². The summed E-state index contributed by atoms with van der Waals surface area (Å²) in [6.07, 6.45) is 5.66. The molecule has 1 atom stereocenters. The number of nitrogens with one attached hydrogen (secondary N) is 1. The Morgan fingerprint density at radius 3 is 3.05 bits per heavy atom. The van der Waals surface area contributed by atoms with Crippen LogP contribution in [0.1, 0.15) is 38.8 Å². The quantitative estimate of drug-likeness (QED) is 0.910. The van der Waals surface area contributed by atoms with Gasteiger partial charge in [0.1, 0.15) is 6.26 Å². The van der Waals surface area contributed by atoms with Crippen molar-refractivity contribution in [3.05, 3.63) is 12.0 Å². The van der Waals surface area contributed by atoms with Crippen molar-refractivity contribution in [1.29, 1.82) is 0 Å². The standard InChI is InChI=1S/C15H26N4O/c1-12(2)16-9-13-11-20-15(17-13)19-8-4-7-18-6-3-5-14(18)10-19/h11-12,14,16H,3-10H2,1-2H3. The van der Waals surface area contributed by atoms with Crippen molar-refractivity contribution in [2.24, 2.45) is 0 Å². The van der Waals surface area contributed by atoms with Gasteiger partial charge < -0.3 is 14.6 Å². The maximum absolute atomic E-state index is 5.70. The van der Waals surface area contributed by atoms with E-state index in [2.05, 4.69) is 33.9 Å². The predicted octanol–water partition coefficient (Wildman–Crippen LogP) is 1.85. The van der Waals surface area contributed by atoms with E-state index in [0.717, 1.165) is 31.3 Å². The van der Waals surface area contributed by atoms with E-state index in [1.807, 2.05) is 0 Å². The first-order chi connectivity index (χ1) is 9.72. The topological polar surface area (TPSA) is 44.5 Å². The SMILES string of the molecule is CC(C)NCc1coc(N2CCCN3CCCC3C2)n1. The summed E-state index contributed by atoms with van der Waals surface area (Å²) in [6.45, 7) is 9.69. The molecule has 1 aromatic rings. The molecule has 0 bridgehead atoms. The van der Waals surface area contributed by atoms with E-state index in [-0.39, 0.29) is 0 Å². The van der Waals surface area contributed by atoms with Crippen LogP contribution in [-0.4, -0.2) is 48.1 Å². The van der Waals surface area contributed by atoms with Crippen LogP contribution in [0.4, 0.5) is 6.01 Å². The molecule has 1 aromatic heterocycles. The summed E-state index contributed by atoms with van der Waals surface area (Å²) in [5.41, 5.74) is 1.00. The largest absolute Gasteiger partial charge is 0.432 e. The molecule has 2 saturated heterocycles. The summed E-state index contributed by atoms with van der Waals surface area (Å²) < 4.78 is 5.70. The Hall–Kier alpha value is -1.07. The number of nitrogens with zero attached hydrogens (tertiary/aromatic N) is 3. The fourth-order valence-corrected chi connectivity index (χ4v) is 3.21. The molecule has 0 aliphatic carbocycles. The van der Waals surface area contributed by atoms with Crippen LogP contribution in [0.25, 0.3) is 0 Å². The van der Waals surface area contributed by atoms with E-state index in [0.29, 0.717) is 12.1 Å². The third-order valence-corrected chi connectivity index (χ3v) is 4.31. The van der Waals surface area contributed by atoms with Crippen molar-refractivity contribution in [3.63, 3.8) is 0 Å². The summed E-state index contributed by atoms with van der Waals surface area (Å²) >= 11 is 0. The average molecular weight is 278 g/mol. The van der Waals surface area contributed by atoms with Crippen molar-refractivity contribution >= 4 is 6.01 Å². The van der Waals surface area contributed by atoms with Crippen molar-refractivity contribution < 1.29 is 4.42 Å². The molecular weight excluding hydrogens is 252 g/mol. The minimum absolute atomic E-state index is 0.473. The molecule has 0 aromatic carbocycles. The molecule has 5 heteroatoms. The number of oxazole rings is 1. The highest BCUT2D eigenvalue weighted by Gasteiger charge is 2.30. The molecule has 2 fully saturated rings. The molecule has 0 amide bonds. The van der Waals surface area contributed by atoms with Gasteiger partial charge in [0.2, 0.25) is 0 Å². The molecule has 2 aliphatic rings. The molecule has 3 heterocycles. The van der Waals surface area contributed by atoms with Crippen LogP contribution < -0.4 is 10.2 Å².